The zero-order valence-corrected chi connectivity index (χ0v) is 17.0. The molecule has 1 aromatic carbocycles. The molecule has 0 spiro atoms. The maximum absolute atomic E-state index is 12.7. The molecule has 2 heterocycles. The second-order valence-corrected chi connectivity index (χ2v) is 10.1. The fraction of sp³-hybridized carbons (Fsp3) is 0.353. The summed E-state index contributed by atoms with van der Waals surface area (Å²) < 4.78 is 28.1. The van der Waals surface area contributed by atoms with Gasteiger partial charge in [-0.1, -0.05) is 22.0 Å². The van der Waals surface area contributed by atoms with Gasteiger partial charge in [0.25, 0.3) is 10.0 Å². The van der Waals surface area contributed by atoms with Gasteiger partial charge in [0.1, 0.15) is 4.21 Å². The van der Waals surface area contributed by atoms with Gasteiger partial charge in [-0.3, -0.25) is 4.79 Å². The lowest BCUT2D eigenvalue weighted by molar-refractivity contribution is -0.120. The first-order valence-corrected chi connectivity index (χ1v) is 11.1. The maximum Gasteiger partial charge on any atom is 0.252 e. The van der Waals surface area contributed by atoms with Crippen molar-refractivity contribution in [2.45, 2.75) is 24.0 Å². The van der Waals surface area contributed by atoms with Crippen molar-refractivity contribution >= 4 is 48.9 Å². The number of carbonyl (C=O) groups is 1. The van der Waals surface area contributed by atoms with E-state index in [-0.39, 0.29) is 18.4 Å². The molecule has 1 amide bonds. The fourth-order valence-corrected chi connectivity index (χ4v) is 5.79. The summed E-state index contributed by atoms with van der Waals surface area (Å²) in [6.07, 6.45) is 1.37. The van der Waals surface area contributed by atoms with Crippen molar-refractivity contribution in [1.29, 1.82) is 0 Å². The van der Waals surface area contributed by atoms with E-state index in [1.807, 2.05) is 25.1 Å². The molecular weight excluding hydrogens is 424 g/mol. The van der Waals surface area contributed by atoms with Crippen molar-refractivity contribution in [3.63, 3.8) is 0 Å². The quantitative estimate of drug-likeness (QED) is 0.781. The minimum absolute atomic E-state index is 0.132. The molecule has 0 aliphatic carbocycles. The first-order valence-electron chi connectivity index (χ1n) is 7.98. The zero-order valence-electron chi connectivity index (χ0n) is 13.7. The Hall–Kier alpha value is -1.22. The molecule has 1 N–H and O–H groups in total. The number of sulfonamides is 1. The molecule has 1 aromatic heterocycles. The van der Waals surface area contributed by atoms with Crippen LogP contribution in [-0.2, 0) is 14.8 Å². The molecule has 0 radical (unpaired) electrons. The van der Waals surface area contributed by atoms with Gasteiger partial charge in [0.05, 0.1) is 5.92 Å². The number of carbonyl (C=O) groups excluding carboxylic acids is 1. The van der Waals surface area contributed by atoms with Crippen molar-refractivity contribution in [2.75, 3.05) is 18.4 Å². The molecular formula is C17H19BrN2O3S2. The molecule has 1 fully saturated rings. The number of nitrogens with one attached hydrogen (secondary N) is 1. The van der Waals surface area contributed by atoms with E-state index in [9.17, 15) is 13.2 Å². The van der Waals surface area contributed by atoms with Crippen LogP contribution < -0.4 is 5.32 Å². The third-order valence-electron chi connectivity index (χ3n) is 4.27. The van der Waals surface area contributed by atoms with Gasteiger partial charge in [-0.2, -0.15) is 4.31 Å². The Balaban J connectivity index is 1.70. The van der Waals surface area contributed by atoms with Crippen LogP contribution in [0.25, 0.3) is 0 Å². The molecule has 0 saturated carbocycles. The van der Waals surface area contributed by atoms with Crippen LogP contribution in [0.4, 0.5) is 5.69 Å². The monoisotopic (exact) mass is 442 g/mol. The summed E-state index contributed by atoms with van der Waals surface area (Å²) in [7, 11) is -3.50. The number of amides is 1. The van der Waals surface area contributed by atoms with Crippen LogP contribution in [0.15, 0.2) is 44.4 Å². The van der Waals surface area contributed by atoms with Gasteiger partial charge in [-0.15, -0.1) is 11.3 Å². The van der Waals surface area contributed by atoms with Crippen LogP contribution in [-0.4, -0.2) is 31.7 Å². The van der Waals surface area contributed by atoms with Crippen molar-refractivity contribution in [3.8, 4) is 0 Å². The van der Waals surface area contributed by atoms with Crippen LogP contribution in [0, 0.1) is 12.8 Å². The van der Waals surface area contributed by atoms with E-state index in [2.05, 4.69) is 21.2 Å². The van der Waals surface area contributed by atoms with Crippen molar-refractivity contribution in [3.05, 3.63) is 45.7 Å². The first-order chi connectivity index (χ1) is 11.9. The smallest absolute Gasteiger partial charge is 0.252 e. The topological polar surface area (TPSA) is 66.5 Å². The number of thiophene rings is 1. The number of rotatable bonds is 4. The van der Waals surface area contributed by atoms with Crippen LogP contribution in [0.1, 0.15) is 18.4 Å². The second-order valence-electron chi connectivity index (χ2n) is 6.09. The Morgan fingerprint density at radius 1 is 1.36 bits per heavy atom. The summed E-state index contributed by atoms with van der Waals surface area (Å²) >= 11 is 4.64. The zero-order chi connectivity index (χ0) is 18.0. The number of halogens is 1. The van der Waals surface area contributed by atoms with Gasteiger partial charge < -0.3 is 5.32 Å². The Kier molecular flexibility index (Phi) is 5.62. The fourth-order valence-electron chi connectivity index (χ4n) is 2.88. The van der Waals surface area contributed by atoms with Crippen LogP contribution in [0.5, 0.6) is 0 Å². The molecule has 134 valence electrons. The summed E-state index contributed by atoms with van der Waals surface area (Å²) in [5.74, 6) is -0.472. The first kappa shape index (κ1) is 18.6. The second kappa shape index (κ2) is 7.57. The van der Waals surface area contributed by atoms with E-state index in [1.54, 1.807) is 17.5 Å². The molecule has 3 rings (SSSR count). The molecule has 25 heavy (non-hydrogen) atoms. The number of nitrogens with zero attached hydrogens (tertiary/aromatic N) is 1. The molecule has 1 atom stereocenters. The third kappa shape index (κ3) is 4.13. The molecule has 0 unspecified atom stereocenters. The standard InChI is InChI=1S/C17H19BrN2O3S2/c1-12-10-14(6-7-15(12)18)19-17(21)13-4-2-8-20(11-13)25(22,23)16-5-3-9-24-16/h3,5-7,9-10,13H,2,4,8,11H2,1H3,(H,19,21)/t13-/m1/s1. The lowest BCUT2D eigenvalue weighted by atomic mass is 9.98. The van der Waals surface area contributed by atoms with Crippen molar-refractivity contribution in [2.24, 2.45) is 5.92 Å². The van der Waals surface area contributed by atoms with Crippen LogP contribution in [0.3, 0.4) is 0 Å². The Morgan fingerprint density at radius 3 is 2.84 bits per heavy atom. The number of piperidine rings is 1. The van der Waals surface area contributed by atoms with Gasteiger partial charge in [0.2, 0.25) is 5.91 Å². The normalized spacial score (nSPS) is 18.9. The van der Waals surface area contributed by atoms with E-state index in [0.29, 0.717) is 23.6 Å². The van der Waals surface area contributed by atoms with Gasteiger partial charge in [-0.25, -0.2) is 8.42 Å². The highest BCUT2D eigenvalue weighted by Crippen LogP contribution is 2.27. The van der Waals surface area contributed by atoms with Crippen LogP contribution >= 0.6 is 27.3 Å². The Morgan fingerprint density at radius 2 is 2.16 bits per heavy atom. The molecule has 1 aliphatic rings. The largest absolute Gasteiger partial charge is 0.326 e. The Labute approximate surface area is 160 Å². The molecule has 5 nitrogen and oxygen atoms in total. The highest BCUT2D eigenvalue weighted by molar-refractivity contribution is 9.10. The summed E-state index contributed by atoms with van der Waals surface area (Å²) in [4.78, 5) is 12.6. The third-order valence-corrected chi connectivity index (χ3v) is 8.40. The van der Waals surface area contributed by atoms with Gasteiger partial charge in [0, 0.05) is 23.2 Å². The summed E-state index contributed by atoms with van der Waals surface area (Å²) in [5, 5.41) is 4.65. The number of benzene rings is 1. The van der Waals surface area contributed by atoms with Gasteiger partial charge in [0.15, 0.2) is 0 Å². The highest BCUT2D eigenvalue weighted by atomic mass is 79.9. The Bertz CT molecular complexity index is 866. The summed E-state index contributed by atoms with van der Waals surface area (Å²) in [5.41, 5.74) is 1.76. The molecule has 1 saturated heterocycles. The molecule has 0 bridgehead atoms. The minimum Gasteiger partial charge on any atom is -0.326 e. The summed E-state index contributed by atoms with van der Waals surface area (Å²) in [6, 6.07) is 8.94. The van der Waals surface area contributed by atoms with Crippen molar-refractivity contribution < 1.29 is 13.2 Å². The van der Waals surface area contributed by atoms with Crippen LogP contribution in [0.2, 0.25) is 0 Å². The van der Waals surface area contributed by atoms with E-state index < -0.39 is 10.0 Å². The summed E-state index contributed by atoms with van der Waals surface area (Å²) in [6.45, 7) is 2.64. The maximum atomic E-state index is 12.7. The van der Waals surface area contributed by atoms with Gasteiger partial charge in [-0.05, 0) is 55.0 Å². The molecule has 1 aliphatic heterocycles. The van der Waals surface area contributed by atoms with E-state index >= 15 is 0 Å². The van der Waals surface area contributed by atoms with E-state index in [0.717, 1.165) is 15.7 Å². The predicted octanol–water partition coefficient (Wildman–Crippen LogP) is 3.86. The highest BCUT2D eigenvalue weighted by Gasteiger charge is 2.33. The average Bonchev–Trinajstić information content (AvgIpc) is 3.14. The minimum atomic E-state index is -3.50. The molecule has 2 aromatic rings. The van der Waals surface area contributed by atoms with Gasteiger partial charge >= 0.3 is 0 Å². The predicted molar refractivity (Wildman–Crippen MR) is 103 cm³/mol. The number of aryl methyl sites for hydroxylation is 1. The molecule has 8 heteroatoms. The lowest BCUT2D eigenvalue weighted by Crippen LogP contribution is -2.43. The SMILES string of the molecule is Cc1cc(NC(=O)[C@@H]2CCCN(S(=O)(=O)c3cccs3)C2)ccc1Br. The van der Waals surface area contributed by atoms with Crippen molar-refractivity contribution in [1.82, 2.24) is 4.31 Å². The number of hydrogen-bond donors (Lipinski definition) is 1. The van der Waals surface area contributed by atoms with E-state index in [1.165, 1.54) is 15.6 Å². The number of anilines is 1. The van der Waals surface area contributed by atoms with E-state index in [4.69, 9.17) is 0 Å². The number of hydrogen-bond acceptors (Lipinski definition) is 4. The lowest BCUT2D eigenvalue weighted by Gasteiger charge is -2.30. The average molecular weight is 443 g/mol.